The average molecular weight is 408 g/mol. The Morgan fingerprint density at radius 2 is 1.83 bits per heavy atom. The molecule has 0 saturated heterocycles. The summed E-state index contributed by atoms with van der Waals surface area (Å²) in [6.07, 6.45) is 6.82. The van der Waals surface area contributed by atoms with Gasteiger partial charge in [0.1, 0.15) is 35.2 Å². The number of benzene rings is 2. The predicted molar refractivity (Wildman–Crippen MR) is 117 cm³/mol. The summed E-state index contributed by atoms with van der Waals surface area (Å²) in [4.78, 5) is 13.0. The number of allylic oxidation sites excluding steroid dienone is 4. The number of fused-ring (bicyclic) bond motifs is 1. The average Bonchev–Trinajstić information content (AvgIpc) is 2.67. The van der Waals surface area contributed by atoms with E-state index in [1.54, 1.807) is 12.1 Å². The Balaban J connectivity index is 1.80. The molecule has 0 saturated carbocycles. The van der Waals surface area contributed by atoms with Crippen LogP contribution in [-0.4, -0.2) is 27.7 Å². The van der Waals surface area contributed by atoms with Gasteiger partial charge in [-0.05, 0) is 57.2 Å². The number of phenols is 3. The molecule has 0 bridgehead atoms. The molecule has 0 amide bonds. The van der Waals surface area contributed by atoms with Crippen molar-refractivity contribution >= 4 is 5.78 Å². The van der Waals surface area contributed by atoms with Crippen LogP contribution in [0.4, 0.5) is 0 Å². The summed E-state index contributed by atoms with van der Waals surface area (Å²) in [5, 5.41) is 30.0. The summed E-state index contributed by atoms with van der Waals surface area (Å²) in [7, 11) is 0. The first-order valence-corrected chi connectivity index (χ1v) is 10.1. The van der Waals surface area contributed by atoms with E-state index >= 15 is 0 Å². The second kappa shape index (κ2) is 9.08. The quantitative estimate of drug-likeness (QED) is 0.557. The van der Waals surface area contributed by atoms with E-state index in [4.69, 9.17) is 4.74 Å². The van der Waals surface area contributed by atoms with Crippen molar-refractivity contribution in [1.29, 1.82) is 0 Å². The third kappa shape index (κ3) is 4.85. The standard InChI is InChI=1S/C25H28O5/c1-15(2)5-4-6-16(3)7-8-18-11-17(9-10-21(18)27)20-14-30-23-13-19(26)12-22(28)24(23)25(20)29/h5,7,9-13,20,26-28H,4,6,8,14H2,1-3H3. The van der Waals surface area contributed by atoms with E-state index in [0.29, 0.717) is 6.42 Å². The Bertz CT molecular complexity index is 1010. The van der Waals surface area contributed by atoms with Crippen molar-refractivity contribution in [1.82, 2.24) is 0 Å². The summed E-state index contributed by atoms with van der Waals surface area (Å²) in [6.45, 7) is 6.35. The molecule has 3 N–H and O–H groups in total. The normalized spacial score (nSPS) is 16.0. The summed E-state index contributed by atoms with van der Waals surface area (Å²) in [5.74, 6) is -0.939. The van der Waals surface area contributed by atoms with Crippen LogP contribution < -0.4 is 4.74 Å². The van der Waals surface area contributed by atoms with Crippen LogP contribution in [0.5, 0.6) is 23.0 Å². The van der Waals surface area contributed by atoms with Crippen molar-refractivity contribution in [3.63, 3.8) is 0 Å². The smallest absolute Gasteiger partial charge is 0.181 e. The molecule has 2 aromatic rings. The van der Waals surface area contributed by atoms with E-state index in [1.807, 2.05) is 6.07 Å². The number of phenolic OH excluding ortho intramolecular Hbond substituents is 3. The molecule has 1 unspecified atom stereocenters. The minimum Gasteiger partial charge on any atom is -0.508 e. The van der Waals surface area contributed by atoms with Crippen molar-refractivity contribution in [3.8, 4) is 23.0 Å². The van der Waals surface area contributed by atoms with E-state index < -0.39 is 5.92 Å². The van der Waals surface area contributed by atoms with Crippen LogP contribution in [0.15, 0.2) is 53.6 Å². The molecule has 1 atom stereocenters. The largest absolute Gasteiger partial charge is 0.508 e. The fourth-order valence-electron chi connectivity index (χ4n) is 3.58. The zero-order valence-electron chi connectivity index (χ0n) is 17.6. The molecule has 5 heteroatoms. The fourth-order valence-corrected chi connectivity index (χ4v) is 3.58. The van der Waals surface area contributed by atoms with Crippen molar-refractivity contribution in [2.75, 3.05) is 6.61 Å². The molecule has 5 nitrogen and oxygen atoms in total. The lowest BCUT2D eigenvalue weighted by molar-refractivity contribution is 0.0892. The van der Waals surface area contributed by atoms with Gasteiger partial charge >= 0.3 is 0 Å². The van der Waals surface area contributed by atoms with E-state index in [0.717, 1.165) is 30.0 Å². The van der Waals surface area contributed by atoms with Gasteiger partial charge in [0.25, 0.3) is 0 Å². The van der Waals surface area contributed by atoms with E-state index in [-0.39, 0.29) is 41.0 Å². The van der Waals surface area contributed by atoms with Gasteiger partial charge in [-0.15, -0.1) is 0 Å². The minimum absolute atomic E-state index is 0.0775. The van der Waals surface area contributed by atoms with Gasteiger partial charge in [-0.2, -0.15) is 0 Å². The Hall–Kier alpha value is -3.21. The second-order valence-corrected chi connectivity index (χ2v) is 8.03. The van der Waals surface area contributed by atoms with Gasteiger partial charge in [0, 0.05) is 12.1 Å². The lowest BCUT2D eigenvalue weighted by atomic mass is 9.87. The number of rotatable bonds is 6. The van der Waals surface area contributed by atoms with Crippen LogP contribution in [0, 0.1) is 0 Å². The van der Waals surface area contributed by atoms with Crippen LogP contribution in [-0.2, 0) is 6.42 Å². The van der Waals surface area contributed by atoms with Crippen LogP contribution in [0.25, 0.3) is 0 Å². The monoisotopic (exact) mass is 408 g/mol. The first-order chi connectivity index (χ1) is 14.3. The Morgan fingerprint density at radius 1 is 1.07 bits per heavy atom. The molecular weight excluding hydrogens is 380 g/mol. The van der Waals surface area contributed by atoms with Crippen LogP contribution in [0.2, 0.25) is 0 Å². The zero-order chi connectivity index (χ0) is 21.8. The van der Waals surface area contributed by atoms with E-state index in [2.05, 4.69) is 32.9 Å². The lowest BCUT2D eigenvalue weighted by Crippen LogP contribution is -2.26. The van der Waals surface area contributed by atoms with E-state index in [1.165, 1.54) is 17.2 Å². The first kappa shape index (κ1) is 21.5. The maximum absolute atomic E-state index is 13.0. The molecule has 30 heavy (non-hydrogen) atoms. The molecular formula is C25H28O5. The molecule has 1 aliphatic rings. The second-order valence-electron chi connectivity index (χ2n) is 8.03. The minimum atomic E-state index is -0.588. The fraction of sp³-hybridized carbons (Fsp3) is 0.320. The number of hydrogen-bond donors (Lipinski definition) is 3. The van der Waals surface area contributed by atoms with E-state index in [9.17, 15) is 20.1 Å². The SMILES string of the molecule is CC(C)=CCCC(C)=CCc1cc(C2COc3cc(O)cc(O)c3C2=O)ccc1O. The van der Waals surface area contributed by atoms with Crippen molar-refractivity contribution in [2.24, 2.45) is 0 Å². The highest BCUT2D eigenvalue weighted by Crippen LogP contribution is 2.40. The number of carbonyl (C=O) groups excluding carboxylic acids is 1. The van der Waals surface area contributed by atoms with Gasteiger partial charge in [0.05, 0.1) is 5.92 Å². The summed E-state index contributed by atoms with van der Waals surface area (Å²) in [6, 6.07) is 7.58. The highest BCUT2D eigenvalue weighted by Gasteiger charge is 2.33. The molecule has 0 spiro atoms. The maximum Gasteiger partial charge on any atom is 0.181 e. The molecule has 0 fully saturated rings. The van der Waals surface area contributed by atoms with Gasteiger partial charge in [-0.25, -0.2) is 0 Å². The molecule has 0 aromatic heterocycles. The third-order valence-electron chi connectivity index (χ3n) is 5.30. The van der Waals surface area contributed by atoms with Gasteiger partial charge in [-0.3, -0.25) is 4.79 Å². The Kier molecular flexibility index (Phi) is 6.50. The number of Topliss-reactive ketones (excluding diaryl/α,β-unsaturated/α-hetero) is 1. The van der Waals surface area contributed by atoms with Crippen molar-refractivity contribution in [3.05, 3.63) is 70.3 Å². The molecule has 2 aromatic carbocycles. The zero-order valence-corrected chi connectivity index (χ0v) is 17.6. The Labute approximate surface area is 177 Å². The van der Waals surface area contributed by atoms with Crippen molar-refractivity contribution in [2.45, 2.75) is 46.0 Å². The van der Waals surface area contributed by atoms with Gasteiger partial charge in [-0.1, -0.05) is 35.4 Å². The molecule has 1 aliphatic heterocycles. The van der Waals surface area contributed by atoms with Crippen molar-refractivity contribution < 1.29 is 24.9 Å². The topological polar surface area (TPSA) is 87.0 Å². The van der Waals surface area contributed by atoms with Gasteiger partial charge in [0.15, 0.2) is 5.78 Å². The maximum atomic E-state index is 13.0. The van der Waals surface area contributed by atoms with Crippen LogP contribution in [0.1, 0.15) is 61.0 Å². The number of carbonyl (C=O) groups is 1. The molecule has 3 rings (SSSR count). The highest BCUT2D eigenvalue weighted by atomic mass is 16.5. The van der Waals surface area contributed by atoms with Crippen LogP contribution in [0.3, 0.4) is 0 Å². The Morgan fingerprint density at radius 3 is 2.57 bits per heavy atom. The number of aromatic hydroxyl groups is 3. The summed E-state index contributed by atoms with van der Waals surface area (Å²) < 4.78 is 5.63. The third-order valence-corrected chi connectivity index (χ3v) is 5.30. The molecule has 1 heterocycles. The lowest BCUT2D eigenvalue weighted by Gasteiger charge is -2.25. The van der Waals surface area contributed by atoms with Crippen LogP contribution >= 0.6 is 0 Å². The predicted octanol–water partition coefficient (Wildman–Crippen LogP) is 5.40. The number of ketones is 1. The first-order valence-electron chi connectivity index (χ1n) is 10.1. The van der Waals surface area contributed by atoms with Gasteiger partial charge < -0.3 is 20.1 Å². The molecule has 0 radical (unpaired) electrons. The molecule has 158 valence electrons. The summed E-state index contributed by atoms with van der Waals surface area (Å²) >= 11 is 0. The number of hydrogen-bond acceptors (Lipinski definition) is 5. The van der Waals surface area contributed by atoms with Gasteiger partial charge in [0.2, 0.25) is 0 Å². The number of ether oxygens (including phenoxy) is 1. The summed E-state index contributed by atoms with van der Waals surface area (Å²) in [5.41, 5.74) is 4.08. The highest BCUT2D eigenvalue weighted by molar-refractivity contribution is 6.06. The molecule has 0 aliphatic carbocycles.